The first-order chi connectivity index (χ1) is 17.9. The predicted molar refractivity (Wildman–Crippen MR) is 144 cm³/mol. The third kappa shape index (κ3) is 6.49. The lowest BCUT2D eigenvalue weighted by Crippen LogP contribution is -2.45. The number of benzene rings is 2. The van der Waals surface area contributed by atoms with Gasteiger partial charge in [-0.25, -0.2) is 8.78 Å². The van der Waals surface area contributed by atoms with Gasteiger partial charge in [-0.15, -0.1) is 0 Å². The molecule has 5 nitrogen and oxygen atoms in total. The first kappa shape index (κ1) is 27.1. The highest BCUT2D eigenvalue weighted by Gasteiger charge is 2.36. The van der Waals surface area contributed by atoms with E-state index < -0.39 is 6.17 Å². The average molecular weight is 512 g/mol. The van der Waals surface area contributed by atoms with E-state index in [0.29, 0.717) is 50.4 Å². The molecular formula is C30H39F2N3O2. The van der Waals surface area contributed by atoms with E-state index in [4.69, 9.17) is 0 Å². The molecule has 2 amide bonds. The fraction of sp³-hybridized carbons (Fsp3) is 0.533. The Labute approximate surface area is 219 Å². The molecule has 1 N–H and O–H groups in total. The minimum Gasteiger partial charge on any atom is -0.369 e. The number of hydrogen-bond acceptors (Lipinski definition) is 3. The van der Waals surface area contributed by atoms with Crippen molar-refractivity contribution >= 4 is 23.2 Å². The summed E-state index contributed by atoms with van der Waals surface area (Å²) in [6, 6.07) is 14.8. The Bertz CT molecular complexity index is 1040. The van der Waals surface area contributed by atoms with Crippen LogP contribution in [0.1, 0.15) is 63.9 Å². The molecular weight excluding hydrogens is 472 g/mol. The van der Waals surface area contributed by atoms with Gasteiger partial charge in [0.15, 0.2) is 0 Å². The van der Waals surface area contributed by atoms with E-state index in [1.807, 2.05) is 54.0 Å². The van der Waals surface area contributed by atoms with Gasteiger partial charge in [-0.2, -0.15) is 0 Å². The maximum absolute atomic E-state index is 15.1. The highest BCUT2D eigenvalue weighted by atomic mass is 19.1. The van der Waals surface area contributed by atoms with E-state index >= 15 is 4.39 Å². The second kappa shape index (κ2) is 12.5. The summed E-state index contributed by atoms with van der Waals surface area (Å²) in [7, 11) is 0. The Morgan fingerprint density at radius 1 is 0.946 bits per heavy atom. The maximum atomic E-state index is 15.1. The molecule has 0 bridgehead atoms. The number of nitrogens with zero attached hydrogens (tertiary/aromatic N) is 2. The highest BCUT2D eigenvalue weighted by Crippen LogP contribution is 2.37. The van der Waals surface area contributed by atoms with Crippen molar-refractivity contribution in [2.75, 3.05) is 36.4 Å². The molecule has 200 valence electrons. The number of alkyl halides is 1. The number of rotatable bonds is 8. The second-order valence-corrected chi connectivity index (χ2v) is 10.4. The van der Waals surface area contributed by atoms with Crippen molar-refractivity contribution in [1.82, 2.24) is 4.90 Å². The zero-order valence-electron chi connectivity index (χ0n) is 22.0. The molecule has 1 atom stereocenters. The molecule has 2 saturated heterocycles. The maximum Gasteiger partial charge on any atom is 0.230 e. The number of anilines is 2. The van der Waals surface area contributed by atoms with Crippen LogP contribution in [-0.2, 0) is 9.59 Å². The lowest BCUT2D eigenvalue weighted by Gasteiger charge is -2.39. The molecule has 2 aromatic carbocycles. The van der Waals surface area contributed by atoms with E-state index in [-0.39, 0.29) is 35.4 Å². The van der Waals surface area contributed by atoms with Crippen LogP contribution in [0.25, 0.3) is 0 Å². The number of carbonyl (C=O) groups excluding carboxylic acids is 2. The van der Waals surface area contributed by atoms with Crippen LogP contribution in [0.5, 0.6) is 0 Å². The molecule has 1 unspecified atom stereocenters. The normalized spacial score (nSPS) is 18.2. The third-order valence-electron chi connectivity index (χ3n) is 8.08. The second-order valence-electron chi connectivity index (χ2n) is 10.4. The molecule has 2 heterocycles. The van der Waals surface area contributed by atoms with Crippen molar-refractivity contribution < 1.29 is 18.4 Å². The zero-order valence-corrected chi connectivity index (χ0v) is 22.0. The summed E-state index contributed by atoms with van der Waals surface area (Å²) in [6.07, 6.45) is 3.00. The molecule has 0 aliphatic carbocycles. The number of hydrogen-bond donors (Lipinski definition) is 1. The molecule has 0 aromatic heterocycles. The summed E-state index contributed by atoms with van der Waals surface area (Å²) >= 11 is 0. The number of carbonyl (C=O) groups is 2. The summed E-state index contributed by atoms with van der Waals surface area (Å²) in [4.78, 5) is 29.9. The largest absolute Gasteiger partial charge is 0.369 e. The summed E-state index contributed by atoms with van der Waals surface area (Å²) in [5.41, 5.74) is 1.99. The van der Waals surface area contributed by atoms with Crippen LogP contribution in [0.4, 0.5) is 20.2 Å². The molecule has 37 heavy (non-hydrogen) atoms. The van der Waals surface area contributed by atoms with Gasteiger partial charge in [0.05, 0.1) is 11.6 Å². The van der Waals surface area contributed by atoms with Crippen LogP contribution >= 0.6 is 0 Å². The van der Waals surface area contributed by atoms with Gasteiger partial charge in [-0.1, -0.05) is 44.2 Å². The number of piperidine rings is 2. The Balaban J connectivity index is 1.43. The van der Waals surface area contributed by atoms with Crippen LogP contribution in [0, 0.1) is 17.7 Å². The molecule has 0 spiro atoms. The van der Waals surface area contributed by atoms with Crippen molar-refractivity contribution in [2.24, 2.45) is 11.8 Å². The number of likely N-dealkylation sites (tertiary alicyclic amines) is 1. The Hall–Kier alpha value is -2.96. The van der Waals surface area contributed by atoms with Crippen molar-refractivity contribution in [1.29, 1.82) is 0 Å². The summed E-state index contributed by atoms with van der Waals surface area (Å²) in [5.74, 6) is -0.565. The molecule has 0 radical (unpaired) electrons. The summed E-state index contributed by atoms with van der Waals surface area (Å²) < 4.78 is 28.8. The van der Waals surface area contributed by atoms with Gasteiger partial charge >= 0.3 is 0 Å². The number of amides is 2. The van der Waals surface area contributed by atoms with Gasteiger partial charge in [0.25, 0.3) is 0 Å². The van der Waals surface area contributed by atoms with Crippen LogP contribution in [0.3, 0.4) is 0 Å². The number of halogens is 2. The Morgan fingerprint density at radius 2 is 1.59 bits per heavy atom. The van der Waals surface area contributed by atoms with E-state index in [1.54, 1.807) is 12.1 Å². The molecule has 2 aliphatic heterocycles. The first-order valence-corrected chi connectivity index (χ1v) is 13.7. The SMILES string of the molecule is CCC(CC)C(=O)Nc1ccc(N2CCC(C(C(=O)N3CCC(F)CC3)c3ccccc3)CC2)c(F)c1. The smallest absolute Gasteiger partial charge is 0.230 e. The average Bonchev–Trinajstić information content (AvgIpc) is 2.91. The fourth-order valence-corrected chi connectivity index (χ4v) is 5.76. The van der Waals surface area contributed by atoms with E-state index in [9.17, 15) is 14.0 Å². The molecule has 2 fully saturated rings. The van der Waals surface area contributed by atoms with Gasteiger partial charge in [0.2, 0.25) is 11.8 Å². The van der Waals surface area contributed by atoms with Crippen molar-refractivity contribution in [3.63, 3.8) is 0 Å². The minimum absolute atomic E-state index is 0.0784. The molecule has 2 aromatic rings. The fourth-order valence-electron chi connectivity index (χ4n) is 5.76. The van der Waals surface area contributed by atoms with Crippen LogP contribution < -0.4 is 10.2 Å². The van der Waals surface area contributed by atoms with Gasteiger partial charge < -0.3 is 15.1 Å². The highest BCUT2D eigenvalue weighted by molar-refractivity contribution is 5.92. The standard InChI is InChI=1S/C30H39F2N3O2/c1-3-21(4-2)29(36)33-25-10-11-27(26(32)20-25)34-16-12-23(13-17-34)28(22-8-6-5-7-9-22)30(37)35-18-14-24(31)15-19-35/h5-11,20-21,23-24,28H,3-4,12-19H2,1-2H3,(H,33,36). The molecule has 0 saturated carbocycles. The molecule has 2 aliphatic rings. The topological polar surface area (TPSA) is 52.7 Å². The lowest BCUT2D eigenvalue weighted by atomic mass is 9.78. The number of nitrogens with one attached hydrogen (secondary N) is 1. The van der Waals surface area contributed by atoms with Crippen molar-refractivity contribution in [2.45, 2.75) is 64.5 Å². The lowest BCUT2D eigenvalue weighted by molar-refractivity contribution is -0.136. The quantitative estimate of drug-likeness (QED) is 0.462. The van der Waals surface area contributed by atoms with Gasteiger partial charge in [0, 0.05) is 37.8 Å². The van der Waals surface area contributed by atoms with Gasteiger partial charge in [0.1, 0.15) is 12.0 Å². The van der Waals surface area contributed by atoms with Crippen molar-refractivity contribution in [3.05, 3.63) is 59.9 Å². The van der Waals surface area contributed by atoms with E-state index in [0.717, 1.165) is 31.2 Å². The predicted octanol–water partition coefficient (Wildman–Crippen LogP) is 6.16. The zero-order chi connectivity index (χ0) is 26.4. The van der Waals surface area contributed by atoms with Gasteiger partial charge in [-0.05, 0) is 68.2 Å². The Morgan fingerprint density at radius 3 is 2.19 bits per heavy atom. The van der Waals surface area contributed by atoms with Crippen LogP contribution in [-0.4, -0.2) is 49.1 Å². The summed E-state index contributed by atoms with van der Waals surface area (Å²) in [5, 5.41) is 2.84. The van der Waals surface area contributed by atoms with Crippen LogP contribution in [0.15, 0.2) is 48.5 Å². The molecule has 4 rings (SSSR count). The van der Waals surface area contributed by atoms with Crippen molar-refractivity contribution in [3.8, 4) is 0 Å². The molecule has 7 heteroatoms. The first-order valence-electron chi connectivity index (χ1n) is 13.7. The van der Waals surface area contributed by atoms with Crippen LogP contribution in [0.2, 0.25) is 0 Å². The third-order valence-corrected chi connectivity index (χ3v) is 8.08. The van der Waals surface area contributed by atoms with E-state index in [2.05, 4.69) is 5.32 Å². The Kier molecular flexibility index (Phi) is 9.17. The van der Waals surface area contributed by atoms with E-state index in [1.165, 1.54) is 6.07 Å². The van der Waals surface area contributed by atoms with Gasteiger partial charge in [-0.3, -0.25) is 9.59 Å². The minimum atomic E-state index is -0.822. The summed E-state index contributed by atoms with van der Waals surface area (Å²) in [6.45, 7) is 6.17. The monoisotopic (exact) mass is 511 g/mol.